The minimum absolute atomic E-state index is 0.234. The molecular weight excluding hydrogens is 269 g/mol. The van der Waals surface area contributed by atoms with Crippen molar-refractivity contribution in [1.29, 1.82) is 0 Å². The summed E-state index contributed by atoms with van der Waals surface area (Å²) in [5.74, 6) is -0.238. The van der Waals surface area contributed by atoms with Crippen LogP contribution in [0.15, 0.2) is 18.2 Å². The third-order valence-corrected chi connectivity index (χ3v) is 5.47. The molecule has 1 nitrogen and oxygen atoms in total. The van der Waals surface area contributed by atoms with Gasteiger partial charge >= 0.3 is 0 Å². The molecule has 0 aliphatic rings. The molecule has 4 heteroatoms. The molecule has 0 fully saturated rings. The van der Waals surface area contributed by atoms with E-state index in [1.54, 1.807) is 12.1 Å². The summed E-state index contributed by atoms with van der Waals surface area (Å²) in [4.78, 5) is 0. The molecule has 0 bridgehead atoms. The van der Waals surface area contributed by atoms with E-state index in [0.29, 0.717) is 17.1 Å². The second-order valence-electron chi connectivity index (χ2n) is 4.40. The van der Waals surface area contributed by atoms with Crippen LogP contribution in [-0.4, -0.2) is 17.5 Å². The first-order valence-corrected chi connectivity index (χ1v) is 7.87. The molecule has 102 valence electrons. The summed E-state index contributed by atoms with van der Waals surface area (Å²) in [7, 11) is 0. The van der Waals surface area contributed by atoms with Crippen LogP contribution in [0.1, 0.15) is 32.3 Å². The topological polar surface area (TPSA) is 12.0 Å². The lowest BCUT2D eigenvalue weighted by atomic mass is 10.0. The minimum Gasteiger partial charge on any atom is -0.311 e. The van der Waals surface area contributed by atoms with Crippen LogP contribution >= 0.6 is 23.4 Å². The number of hydrogen-bond acceptors (Lipinski definition) is 2. The fourth-order valence-electron chi connectivity index (χ4n) is 1.98. The lowest BCUT2D eigenvalue weighted by Gasteiger charge is -2.30. The van der Waals surface area contributed by atoms with Crippen LogP contribution in [0.2, 0.25) is 5.02 Å². The summed E-state index contributed by atoms with van der Waals surface area (Å²) < 4.78 is 13.8. The van der Waals surface area contributed by atoms with E-state index < -0.39 is 0 Å². The highest BCUT2D eigenvalue weighted by atomic mass is 35.5. The van der Waals surface area contributed by atoms with Crippen molar-refractivity contribution in [3.8, 4) is 0 Å². The Bertz CT molecular complexity index is 352. The van der Waals surface area contributed by atoms with Crippen molar-refractivity contribution in [2.75, 3.05) is 12.8 Å². The number of halogens is 2. The highest BCUT2D eigenvalue weighted by molar-refractivity contribution is 8.00. The molecule has 1 rings (SSSR count). The monoisotopic (exact) mass is 289 g/mol. The summed E-state index contributed by atoms with van der Waals surface area (Å²) in [5.41, 5.74) is 0.557. The Hall–Kier alpha value is -0.250. The second-order valence-corrected chi connectivity index (χ2v) is 6.08. The molecule has 0 amide bonds. The van der Waals surface area contributed by atoms with E-state index in [0.717, 1.165) is 19.4 Å². The van der Waals surface area contributed by atoms with Crippen LogP contribution in [-0.2, 0) is 6.54 Å². The van der Waals surface area contributed by atoms with Gasteiger partial charge in [0.25, 0.3) is 0 Å². The van der Waals surface area contributed by atoms with E-state index >= 15 is 0 Å². The van der Waals surface area contributed by atoms with E-state index in [1.807, 2.05) is 11.8 Å². The van der Waals surface area contributed by atoms with Gasteiger partial charge in [0, 0.05) is 28.4 Å². The quantitative estimate of drug-likeness (QED) is 0.794. The summed E-state index contributed by atoms with van der Waals surface area (Å²) in [6, 6.07) is 4.80. The molecule has 0 aromatic heterocycles. The normalized spacial score (nSPS) is 11.8. The van der Waals surface area contributed by atoms with Gasteiger partial charge < -0.3 is 5.32 Å². The van der Waals surface area contributed by atoms with Crippen LogP contribution < -0.4 is 5.32 Å². The predicted molar refractivity (Wildman–Crippen MR) is 79.9 cm³/mol. The molecule has 1 aromatic carbocycles. The highest BCUT2D eigenvalue weighted by Gasteiger charge is 2.24. The Labute approximate surface area is 118 Å². The van der Waals surface area contributed by atoms with Crippen LogP contribution in [0.5, 0.6) is 0 Å². The van der Waals surface area contributed by atoms with Crippen molar-refractivity contribution in [1.82, 2.24) is 5.32 Å². The zero-order chi connectivity index (χ0) is 13.6. The molecule has 0 atom stereocenters. The summed E-state index contributed by atoms with van der Waals surface area (Å²) >= 11 is 7.87. The number of nitrogens with one attached hydrogen (secondary N) is 1. The van der Waals surface area contributed by atoms with Crippen molar-refractivity contribution >= 4 is 23.4 Å². The standard InChI is InChI=1S/C14H21ClFNS/c1-4-14(5-2,18-3)10-17-9-11-12(15)7-6-8-13(11)16/h6-8,17H,4-5,9-10H2,1-3H3. The molecule has 18 heavy (non-hydrogen) atoms. The van der Waals surface area contributed by atoms with Gasteiger partial charge in [0.05, 0.1) is 0 Å². The molecule has 0 saturated carbocycles. The SMILES string of the molecule is CCC(CC)(CNCc1c(F)cccc1Cl)SC. The zero-order valence-electron chi connectivity index (χ0n) is 11.2. The number of thioether (sulfide) groups is 1. The average Bonchev–Trinajstić information content (AvgIpc) is 2.38. The van der Waals surface area contributed by atoms with Crippen LogP contribution in [0.4, 0.5) is 4.39 Å². The van der Waals surface area contributed by atoms with Gasteiger partial charge in [-0.25, -0.2) is 4.39 Å². The van der Waals surface area contributed by atoms with Gasteiger partial charge in [-0.3, -0.25) is 0 Å². The Kier molecular flexibility index (Phi) is 6.47. The first-order valence-electron chi connectivity index (χ1n) is 6.27. The van der Waals surface area contributed by atoms with Gasteiger partial charge in [-0.2, -0.15) is 11.8 Å². The fraction of sp³-hybridized carbons (Fsp3) is 0.571. The van der Waals surface area contributed by atoms with Crippen LogP contribution in [0.25, 0.3) is 0 Å². The van der Waals surface area contributed by atoms with E-state index in [-0.39, 0.29) is 10.6 Å². The molecule has 0 unspecified atom stereocenters. The van der Waals surface area contributed by atoms with Crippen molar-refractivity contribution in [3.63, 3.8) is 0 Å². The highest BCUT2D eigenvalue weighted by Crippen LogP contribution is 2.29. The van der Waals surface area contributed by atoms with E-state index in [1.165, 1.54) is 6.07 Å². The second kappa shape index (κ2) is 7.37. The van der Waals surface area contributed by atoms with E-state index in [9.17, 15) is 4.39 Å². The minimum atomic E-state index is -0.238. The molecule has 0 aliphatic carbocycles. The predicted octanol–water partition coefficient (Wildman–Crippen LogP) is 4.49. The van der Waals surface area contributed by atoms with Crippen LogP contribution in [0, 0.1) is 5.82 Å². The smallest absolute Gasteiger partial charge is 0.129 e. The van der Waals surface area contributed by atoms with Gasteiger partial charge in [0.15, 0.2) is 0 Å². The number of rotatable bonds is 7. The van der Waals surface area contributed by atoms with Gasteiger partial charge in [0.2, 0.25) is 0 Å². The maximum absolute atomic E-state index is 13.6. The average molecular weight is 290 g/mol. The number of hydrogen-bond donors (Lipinski definition) is 1. The maximum atomic E-state index is 13.6. The molecule has 1 aromatic rings. The third-order valence-electron chi connectivity index (χ3n) is 3.53. The molecular formula is C14H21ClFNS. The lowest BCUT2D eigenvalue weighted by molar-refractivity contribution is 0.488. The van der Waals surface area contributed by atoms with Crippen molar-refractivity contribution in [3.05, 3.63) is 34.6 Å². The van der Waals surface area contributed by atoms with Gasteiger partial charge in [-0.15, -0.1) is 0 Å². The molecule has 0 aliphatic heterocycles. The Morgan fingerprint density at radius 3 is 2.50 bits per heavy atom. The fourth-order valence-corrected chi connectivity index (χ4v) is 3.03. The molecule has 0 spiro atoms. The molecule has 1 N–H and O–H groups in total. The van der Waals surface area contributed by atoms with Gasteiger partial charge in [-0.1, -0.05) is 31.5 Å². The Morgan fingerprint density at radius 2 is 2.00 bits per heavy atom. The Morgan fingerprint density at radius 1 is 1.33 bits per heavy atom. The van der Waals surface area contributed by atoms with Crippen LogP contribution in [0.3, 0.4) is 0 Å². The lowest BCUT2D eigenvalue weighted by Crippen LogP contribution is -2.36. The van der Waals surface area contributed by atoms with E-state index in [2.05, 4.69) is 25.4 Å². The van der Waals surface area contributed by atoms with Crippen molar-refractivity contribution in [2.24, 2.45) is 0 Å². The van der Waals surface area contributed by atoms with Gasteiger partial charge in [-0.05, 0) is 31.2 Å². The first-order chi connectivity index (χ1) is 8.58. The maximum Gasteiger partial charge on any atom is 0.129 e. The van der Waals surface area contributed by atoms with Crippen molar-refractivity contribution in [2.45, 2.75) is 38.0 Å². The van der Waals surface area contributed by atoms with Gasteiger partial charge in [0.1, 0.15) is 5.82 Å². The number of benzene rings is 1. The molecule has 0 saturated heterocycles. The third kappa shape index (κ3) is 3.87. The summed E-state index contributed by atoms with van der Waals surface area (Å²) in [6.07, 6.45) is 4.33. The van der Waals surface area contributed by atoms with Crippen molar-refractivity contribution < 1.29 is 4.39 Å². The summed E-state index contributed by atoms with van der Waals surface area (Å²) in [5, 5.41) is 3.82. The molecule has 0 heterocycles. The molecule has 0 radical (unpaired) electrons. The van der Waals surface area contributed by atoms with E-state index in [4.69, 9.17) is 11.6 Å². The zero-order valence-corrected chi connectivity index (χ0v) is 12.8. The first kappa shape index (κ1) is 15.8. The largest absolute Gasteiger partial charge is 0.311 e. The Balaban J connectivity index is 2.61. The summed E-state index contributed by atoms with van der Waals surface area (Å²) in [6.45, 7) is 5.73.